The van der Waals surface area contributed by atoms with Crippen molar-refractivity contribution in [1.82, 2.24) is 10.6 Å². The van der Waals surface area contributed by atoms with E-state index in [1.54, 1.807) is 11.9 Å². The second-order valence-corrected chi connectivity index (χ2v) is 10.4. The van der Waals surface area contributed by atoms with Gasteiger partial charge in [0.25, 0.3) is 5.91 Å². The predicted octanol–water partition coefficient (Wildman–Crippen LogP) is 3.87. The van der Waals surface area contributed by atoms with E-state index in [0.29, 0.717) is 0 Å². The number of carbonyl (C=O) groups is 2. The van der Waals surface area contributed by atoms with Crippen molar-refractivity contribution in [3.05, 3.63) is 59.2 Å². The molecule has 34 heavy (non-hydrogen) atoms. The molecule has 1 fully saturated rings. The normalized spacial score (nSPS) is 23.4. The molecule has 5 rings (SSSR count). The lowest BCUT2D eigenvalue weighted by Crippen LogP contribution is -2.49. The summed E-state index contributed by atoms with van der Waals surface area (Å²) in [7, 11) is 1.74. The molecule has 0 radical (unpaired) electrons. The fourth-order valence-electron chi connectivity index (χ4n) is 5.37. The zero-order chi connectivity index (χ0) is 23.9. The lowest BCUT2D eigenvalue weighted by Gasteiger charge is -2.37. The number of likely N-dealkylation sites (N-methyl/N-ethyl adjacent to an activating group) is 1. The summed E-state index contributed by atoms with van der Waals surface area (Å²) in [6.07, 6.45) is 4.27. The van der Waals surface area contributed by atoms with Crippen LogP contribution in [0.5, 0.6) is 0 Å². The SMILES string of the molecule is CN1C(=O)[C@H](NC(=O)Nc2ccc3c(c2)CCC3)N=C([C@H]2CC(C)(C)CCN2)c2ccccc21. The van der Waals surface area contributed by atoms with E-state index in [1.165, 1.54) is 11.1 Å². The van der Waals surface area contributed by atoms with Gasteiger partial charge in [-0.15, -0.1) is 0 Å². The van der Waals surface area contributed by atoms with Gasteiger partial charge in [0.2, 0.25) is 6.17 Å². The van der Waals surface area contributed by atoms with Crippen LogP contribution < -0.4 is 20.9 Å². The first-order valence-corrected chi connectivity index (χ1v) is 12.2. The molecule has 1 aliphatic carbocycles. The highest BCUT2D eigenvalue weighted by Crippen LogP contribution is 2.34. The quantitative estimate of drug-likeness (QED) is 0.651. The Hall–Kier alpha value is -3.19. The number of carbonyl (C=O) groups excluding carboxylic acids is 2. The van der Waals surface area contributed by atoms with Crippen molar-refractivity contribution >= 4 is 29.0 Å². The van der Waals surface area contributed by atoms with Gasteiger partial charge in [0.1, 0.15) is 0 Å². The summed E-state index contributed by atoms with van der Waals surface area (Å²) >= 11 is 0. The van der Waals surface area contributed by atoms with Crippen LogP contribution in [0.1, 0.15) is 49.8 Å². The number of para-hydroxylation sites is 1. The van der Waals surface area contributed by atoms with Gasteiger partial charge < -0.3 is 20.9 Å². The van der Waals surface area contributed by atoms with Crippen LogP contribution >= 0.6 is 0 Å². The number of nitrogens with zero attached hydrogens (tertiary/aromatic N) is 2. The number of fused-ring (bicyclic) bond motifs is 2. The zero-order valence-electron chi connectivity index (χ0n) is 20.1. The summed E-state index contributed by atoms with van der Waals surface area (Å²) in [5.41, 5.74) is 6.09. The minimum Gasteiger partial charge on any atom is -0.311 e. The van der Waals surface area contributed by atoms with Crippen molar-refractivity contribution in [2.75, 3.05) is 23.8 Å². The summed E-state index contributed by atoms with van der Waals surface area (Å²) in [5.74, 6) is -0.262. The van der Waals surface area contributed by atoms with Crippen LogP contribution in [0, 0.1) is 5.41 Å². The summed E-state index contributed by atoms with van der Waals surface area (Å²) in [6.45, 7) is 5.42. The fraction of sp³-hybridized carbons (Fsp3) is 0.444. The maximum Gasteiger partial charge on any atom is 0.321 e. The van der Waals surface area contributed by atoms with Gasteiger partial charge in [0.15, 0.2) is 0 Å². The van der Waals surface area contributed by atoms with Crippen LogP contribution in [0.2, 0.25) is 0 Å². The summed E-state index contributed by atoms with van der Waals surface area (Å²) in [4.78, 5) is 32.8. The van der Waals surface area contributed by atoms with Gasteiger partial charge in [-0.1, -0.05) is 38.1 Å². The number of anilines is 2. The van der Waals surface area contributed by atoms with Crippen LogP contribution in [0.3, 0.4) is 0 Å². The number of rotatable bonds is 3. The first kappa shape index (κ1) is 22.6. The van der Waals surface area contributed by atoms with Gasteiger partial charge >= 0.3 is 6.03 Å². The number of amides is 3. The molecule has 2 heterocycles. The number of hydrogen-bond donors (Lipinski definition) is 3. The van der Waals surface area contributed by atoms with Gasteiger partial charge in [0.05, 0.1) is 17.4 Å². The van der Waals surface area contributed by atoms with Gasteiger partial charge in [-0.05, 0) is 73.4 Å². The summed E-state index contributed by atoms with van der Waals surface area (Å²) < 4.78 is 0. The van der Waals surface area contributed by atoms with E-state index in [0.717, 1.165) is 61.3 Å². The number of aryl methyl sites for hydroxylation is 2. The summed E-state index contributed by atoms with van der Waals surface area (Å²) in [6, 6.07) is 13.4. The third kappa shape index (κ3) is 4.44. The third-order valence-corrected chi connectivity index (χ3v) is 7.28. The number of piperidine rings is 1. The van der Waals surface area contributed by atoms with Gasteiger partial charge in [-0.25, -0.2) is 4.79 Å². The number of urea groups is 1. The van der Waals surface area contributed by atoms with Crippen LogP contribution in [0.15, 0.2) is 47.5 Å². The second kappa shape index (κ2) is 8.87. The maximum atomic E-state index is 13.4. The van der Waals surface area contributed by atoms with E-state index < -0.39 is 12.2 Å². The Balaban J connectivity index is 1.42. The highest BCUT2D eigenvalue weighted by atomic mass is 16.2. The molecule has 7 nitrogen and oxygen atoms in total. The Morgan fingerprint density at radius 2 is 1.94 bits per heavy atom. The van der Waals surface area contributed by atoms with Crippen molar-refractivity contribution in [3.8, 4) is 0 Å². The first-order chi connectivity index (χ1) is 16.3. The minimum atomic E-state index is -1.01. The van der Waals surface area contributed by atoms with Crippen molar-refractivity contribution < 1.29 is 9.59 Å². The molecule has 2 aromatic carbocycles. The molecule has 0 bridgehead atoms. The Kier molecular flexibility index (Phi) is 5.90. The zero-order valence-corrected chi connectivity index (χ0v) is 20.1. The second-order valence-electron chi connectivity index (χ2n) is 10.4. The topological polar surface area (TPSA) is 85.8 Å². The maximum absolute atomic E-state index is 13.4. The van der Waals surface area contributed by atoms with Gasteiger partial charge in [0, 0.05) is 18.3 Å². The minimum absolute atomic E-state index is 0.00766. The Morgan fingerprint density at radius 1 is 1.15 bits per heavy atom. The highest BCUT2D eigenvalue weighted by Gasteiger charge is 2.36. The van der Waals surface area contributed by atoms with E-state index in [-0.39, 0.29) is 17.4 Å². The van der Waals surface area contributed by atoms with E-state index in [1.807, 2.05) is 36.4 Å². The molecule has 2 aliphatic heterocycles. The van der Waals surface area contributed by atoms with Gasteiger partial charge in [-0.2, -0.15) is 0 Å². The molecule has 2 atom stereocenters. The van der Waals surface area contributed by atoms with E-state index >= 15 is 0 Å². The molecular formula is C27H33N5O2. The Morgan fingerprint density at radius 3 is 2.76 bits per heavy atom. The third-order valence-electron chi connectivity index (χ3n) is 7.28. The van der Waals surface area contributed by atoms with Crippen LogP contribution in [-0.4, -0.2) is 43.5 Å². The molecule has 3 aliphatic rings. The van der Waals surface area contributed by atoms with Crippen LogP contribution in [0.25, 0.3) is 0 Å². The lowest BCUT2D eigenvalue weighted by atomic mass is 9.77. The molecule has 178 valence electrons. The van der Waals surface area contributed by atoms with Crippen molar-refractivity contribution in [2.45, 2.75) is 58.2 Å². The summed E-state index contributed by atoms with van der Waals surface area (Å²) in [5, 5.41) is 9.31. The molecule has 0 aromatic heterocycles. The average Bonchev–Trinajstić information content (AvgIpc) is 3.24. The largest absolute Gasteiger partial charge is 0.321 e. The van der Waals surface area contributed by atoms with E-state index in [4.69, 9.17) is 4.99 Å². The number of benzodiazepines with no additional fused rings is 1. The molecule has 1 saturated heterocycles. The fourth-order valence-corrected chi connectivity index (χ4v) is 5.37. The van der Waals surface area contributed by atoms with Crippen molar-refractivity contribution in [1.29, 1.82) is 0 Å². The molecule has 2 aromatic rings. The molecule has 3 N–H and O–H groups in total. The van der Waals surface area contributed by atoms with Crippen LogP contribution in [-0.2, 0) is 17.6 Å². The molecule has 7 heteroatoms. The number of hydrogen-bond acceptors (Lipinski definition) is 4. The van der Waals surface area contributed by atoms with E-state index in [9.17, 15) is 9.59 Å². The molecule has 0 spiro atoms. The average molecular weight is 460 g/mol. The van der Waals surface area contributed by atoms with Crippen molar-refractivity contribution in [2.24, 2.45) is 10.4 Å². The molecule has 3 amide bonds. The van der Waals surface area contributed by atoms with E-state index in [2.05, 4.69) is 35.9 Å². The number of benzene rings is 2. The molecule has 0 saturated carbocycles. The van der Waals surface area contributed by atoms with Gasteiger partial charge in [-0.3, -0.25) is 9.79 Å². The Bertz CT molecular complexity index is 1160. The number of aliphatic imine (C=N–C) groups is 1. The number of nitrogens with one attached hydrogen (secondary N) is 3. The smallest absolute Gasteiger partial charge is 0.311 e. The molecule has 0 unspecified atom stereocenters. The Labute approximate surface area is 201 Å². The van der Waals surface area contributed by atoms with Crippen LogP contribution in [0.4, 0.5) is 16.2 Å². The first-order valence-electron chi connectivity index (χ1n) is 12.2. The van der Waals surface area contributed by atoms with Crippen molar-refractivity contribution in [3.63, 3.8) is 0 Å². The predicted molar refractivity (Wildman–Crippen MR) is 136 cm³/mol. The lowest BCUT2D eigenvalue weighted by molar-refractivity contribution is -0.119. The monoisotopic (exact) mass is 459 g/mol. The molecular weight excluding hydrogens is 426 g/mol. The highest BCUT2D eigenvalue weighted by molar-refractivity contribution is 6.15. The standard InChI is InChI=1S/C27H33N5O2/c1-27(2)13-14-28-21(16-27)23-20-9-4-5-10-22(20)32(3)25(33)24(30-23)31-26(34)29-19-12-11-17-7-6-8-18(17)15-19/h4-5,9-12,15,21,24,28H,6-8,13-14,16H2,1-3H3,(H2,29,31,34)/t21-,24+/m1/s1.